The predicted molar refractivity (Wildman–Crippen MR) is 77.5 cm³/mol. The fraction of sp³-hybridized carbons (Fsp3) is 0.846. The Morgan fingerprint density at radius 1 is 1.37 bits per heavy atom. The van der Waals surface area contributed by atoms with Crippen LogP contribution in [0.15, 0.2) is 0 Å². The van der Waals surface area contributed by atoms with E-state index in [1.165, 1.54) is 0 Å². The molecule has 0 aliphatic carbocycles. The molecule has 0 aromatic rings. The van der Waals surface area contributed by atoms with Crippen LogP contribution in [-0.2, 0) is 4.79 Å². The summed E-state index contributed by atoms with van der Waals surface area (Å²) in [5.41, 5.74) is 0. The van der Waals surface area contributed by atoms with Gasteiger partial charge in [0.1, 0.15) is 6.04 Å². The highest BCUT2D eigenvalue weighted by Gasteiger charge is 2.28. The van der Waals surface area contributed by atoms with Gasteiger partial charge in [-0.1, -0.05) is 13.8 Å². The molecular weight excluding hydrogens is 264 g/mol. The van der Waals surface area contributed by atoms with Gasteiger partial charge in [0.05, 0.1) is 0 Å². The quantitative estimate of drug-likeness (QED) is 0.810. The summed E-state index contributed by atoms with van der Waals surface area (Å²) in [4.78, 5) is 25.0. The van der Waals surface area contributed by atoms with Crippen LogP contribution >= 0.6 is 11.8 Å². The second kappa shape index (κ2) is 7.62. The van der Waals surface area contributed by atoms with Crippen molar-refractivity contribution < 1.29 is 14.7 Å². The van der Waals surface area contributed by atoms with Crippen molar-refractivity contribution in [3.8, 4) is 0 Å². The lowest BCUT2D eigenvalue weighted by atomic mass is 9.92. The summed E-state index contributed by atoms with van der Waals surface area (Å²) < 4.78 is 0. The third kappa shape index (κ3) is 5.30. The van der Waals surface area contributed by atoms with Gasteiger partial charge in [-0.05, 0) is 36.7 Å². The van der Waals surface area contributed by atoms with E-state index in [0.717, 1.165) is 12.2 Å². The number of likely N-dealkylation sites (tertiary alicyclic amines) is 1. The highest BCUT2D eigenvalue weighted by molar-refractivity contribution is 7.98. The van der Waals surface area contributed by atoms with Crippen LogP contribution in [0.1, 0.15) is 26.7 Å². The number of carboxylic acids is 1. The third-order valence-electron chi connectivity index (χ3n) is 3.36. The van der Waals surface area contributed by atoms with Gasteiger partial charge in [0.15, 0.2) is 0 Å². The minimum Gasteiger partial charge on any atom is -0.480 e. The monoisotopic (exact) mass is 288 g/mol. The van der Waals surface area contributed by atoms with Crippen LogP contribution in [0.5, 0.6) is 0 Å². The van der Waals surface area contributed by atoms with Gasteiger partial charge in [-0.25, -0.2) is 9.59 Å². The number of nitrogens with zero attached hydrogens (tertiary/aromatic N) is 1. The summed E-state index contributed by atoms with van der Waals surface area (Å²) in [6, 6.07) is -1.03. The first-order chi connectivity index (χ1) is 8.93. The SMILES string of the molecule is CSCC[C@H](NC(=O)N1CC(C)CC(C)C1)C(=O)O. The van der Waals surface area contributed by atoms with E-state index >= 15 is 0 Å². The Labute approximate surface area is 119 Å². The van der Waals surface area contributed by atoms with E-state index in [-0.39, 0.29) is 6.03 Å². The van der Waals surface area contributed by atoms with Crippen LogP contribution in [0.2, 0.25) is 0 Å². The number of hydrogen-bond donors (Lipinski definition) is 2. The molecular formula is C13H24N2O3S. The summed E-state index contributed by atoms with van der Waals surface area (Å²) in [6.07, 6.45) is 3.51. The number of carboxylic acid groups (broad SMARTS) is 1. The molecule has 1 aliphatic heterocycles. The zero-order valence-electron chi connectivity index (χ0n) is 11.9. The van der Waals surface area contributed by atoms with Gasteiger partial charge in [-0.2, -0.15) is 11.8 Å². The molecule has 1 rings (SSSR count). The van der Waals surface area contributed by atoms with Crippen molar-refractivity contribution in [3.05, 3.63) is 0 Å². The van der Waals surface area contributed by atoms with Crippen molar-refractivity contribution in [3.63, 3.8) is 0 Å². The standard InChI is InChI=1S/C13H24N2O3S/c1-9-6-10(2)8-15(7-9)13(18)14-11(12(16)17)4-5-19-3/h9-11H,4-8H2,1-3H3,(H,14,18)(H,16,17)/t9?,10?,11-/m0/s1. The summed E-state index contributed by atoms with van der Waals surface area (Å²) >= 11 is 1.58. The van der Waals surface area contributed by atoms with Crippen LogP contribution in [0.4, 0.5) is 4.79 Å². The Balaban J connectivity index is 2.53. The molecule has 0 bridgehead atoms. The minimum absolute atomic E-state index is 0.244. The smallest absolute Gasteiger partial charge is 0.326 e. The van der Waals surface area contributed by atoms with Crippen molar-refractivity contribution in [2.75, 3.05) is 25.1 Å². The van der Waals surface area contributed by atoms with Crippen molar-refractivity contribution in [1.29, 1.82) is 0 Å². The molecule has 6 heteroatoms. The Bertz CT molecular complexity index is 315. The average Bonchev–Trinajstić information content (AvgIpc) is 2.32. The highest BCUT2D eigenvalue weighted by atomic mass is 32.2. The van der Waals surface area contributed by atoms with Gasteiger partial charge >= 0.3 is 12.0 Å². The highest BCUT2D eigenvalue weighted by Crippen LogP contribution is 2.20. The van der Waals surface area contributed by atoms with Crippen LogP contribution in [0, 0.1) is 11.8 Å². The number of urea groups is 1. The molecule has 0 aromatic carbocycles. The fourth-order valence-electron chi connectivity index (χ4n) is 2.56. The molecule has 110 valence electrons. The van der Waals surface area contributed by atoms with E-state index in [2.05, 4.69) is 19.2 Å². The summed E-state index contributed by atoms with van der Waals surface area (Å²) in [6.45, 7) is 5.67. The van der Waals surface area contributed by atoms with E-state index < -0.39 is 12.0 Å². The largest absolute Gasteiger partial charge is 0.480 e. The van der Waals surface area contributed by atoms with Crippen molar-refractivity contribution in [2.45, 2.75) is 32.7 Å². The summed E-state index contributed by atoms with van der Waals surface area (Å²) in [7, 11) is 0. The van der Waals surface area contributed by atoms with Gasteiger partial charge in [0.25, 0.3) is 0 Å². The van der Waals surface area contributed by atoms with Crippen LogP contribution in [0.25, 0.3) is 0 Å². The maximum absolute atomic E-state index is 12.1. The van der Waals surface area contributed by atoms with Crippen LogP contribution in [-0.4, -0.2) is 53.1 Å². The van der Waals surface area contributed by atoms with Gasteiger partial charge in [-0.15, -0.1) is 0 Å². The molecule has 1 fully saturated rings. The molecule has 3 atom stereocenters. The second-order valence-electron chi connectivity index (χ2n) is 5.47. The van der Waals surface area contributed by atoms with E-state index in [9.17, 15) is 9.59 Å². The molecule has 1 aliphatic rings. The lowest BCUT2D eigenvalue weighted by molar-refractivity contribution is -0.139. The lowest BCUT2D eigenvalue weighted by Gasteiger charge is -2.35. The molecule has 19 heavy (non-hydrogen) atoms. The molecule has 1 heterocycles. The third-order valence-corrected chi connectivity index (χ3v) is 4.01. The van der Waals surface area contributed by atoms with Crippen LogP contribution in [0.3, 0.4) is 0 Å². The Kier molecular flexibility index (Phi) is 6.48. The fourth-order valence-corrected chi connectivity index (χ4v) is 3.03. The van der Waals surface area contributed by atoms with Crippen LogP contribution < -0.4 is 5.32 Å². The van der Waals surface area contributed by atoms with E-state index in [4.69, 9.17) is 5.11 Å². The molecule has 2 amide bonds. The molecule has 0 spiro atoms. The zero-order valence-corrected chi connectivity index (χ0v) is 12.7. The molecule has 1 saturated heterocycles. The number of amides is 2. The van der Waals surface area contributed by atoms with Gasteiger partial charge in [-0.3, -0.25) is 0 Å². The molecule has 0 radical (unpaired) electrons. The van der Waals surface area contributed by atoms with Crippen molar-refractivity contribution in [1.82, 2.24) is 10.2 Å². The number of rotatable bonds is 5. The first-order valence-corrected chi connectivity index (χ1v) is 8.10. The van der Waals surface area contributed by atoms with Crippen molar-refractivity contribution in [2.24, 2.45) is 11.8 Å². The summed E-state index contributed by atoms with van der Waals surface area (Å²) in [5, 5.41) is 11.7. The Morgan fingerprint density at radius 2 is 1.95 bits per heavy atom. The number of aliphatic carboxylic acids is 1. The molecule has 0 aromatic heterocycles. The zero-order chi connectivity index (χ0) is 14.4. The maximum atomic E-state index is 12.1. The molecule has 2 N–H and O–H groups in total. The topological polar surface area (TPSA) is 69.6 Å². The van der Waals surface area contributed by atoms with Crippen molar-refractivity contribution >= 4 is 23.8 Å². The van der Waals surface area contributed by atoms with E-state index in [0.29, 0.717) is 31.3 Å². The normalized spacial score (nSPS) is 24.9. The van der Waals surface area contributed by atoms with Gasteiger partial charge < -0.3 is 15.3 Å². The number of carbonyl (C=O) groups is 2. The number of piperidine rings is 1. The Morgan fingerprint density at radius 3 is 2.42 bits per heavy atom. The Hall–Kier alpha value is -0.910. The molecule has 2 unspecified atom stereocenters. The number of carbonyl (C=O) groups excluding carboxylic acids is 1. The predicted octanol–water partition coefficient (Wildman–Crippen LogP) is 1.88. The van der Waals surface area contributed by atoms with Gasteiger partial charge in [0, 0.05) is 13.1 Å². The summed E-state index contributed by atoms with van der Waals surface area (Å²) in [5.74, 6) is 0.720. The molecule has 0 saturated carbocycles. The number of thioether (sulfide) groups is 1. The minimum atomic E-state index is -0.958. The van der Waals surface area contributed by atoms with E-state index in [1.54, 1.807) is 16.7 Å². The maximum Gasteiger partial charge on any atom is 0.326 e. The number of hydrogen-bond acceptors (Lipinski definition) is 3. The molecule has 5 nitrogen and oxygen atoms in total. The second-order valence-corrected chi connectivity index (χ2v) is 6.46. The lowest BCUT2D eigenvalue weighted by Crippen LogP contribution is -2.52. The van der Waals surface area contributed by atoms with E-state index in [1.807, 2.05) is 6.26 Å². The number of nitrogens with one attached hydrogen (secondary N) is 1. The first kappa shape index (κ1) is 16.1. The van der Waals surface area contributed by atoms with Gasteiger partial charge in [0.2, 0.25) is 0 Å². The average molecular weight is 288 g/mol. The first-order valence-electron chi connectivity index (χ1n) is 6.71.